The molecule has 2 atom stereocenters. The van der Waals surface area contributed by atoms with Crippen molar-refractivity contribution in [1.82, 2.24) is 20.5 Å². The van der Waals surface area contributed by atoms with Gasteiger partial charge in [-0.15, -0.1) is 4.99 Å². The molecule has 11 nitrogen and oxygen atoms in total. The molecule has 0 radical (unpaired) electrons. The van der Waals surface area contributed by atoms with Gasteiger partial charge in [0, 0.05) is 19.6 Å². The minimum Gasteiger partial charge on any atom is -0.463 e. The summed E-state index contributed by atoms with van der Waals surface area (Å²) in [6.45, 7) is 6.75. The van der Waals surface area contributed by atoms with Crippen LogP contribution < -0.4 is 15.6 Å². The Morgan fingerprint density at radius 1 is 1.38 bits per heavy atom. The van der Waals surface area contributed by atoms with E-state index >= 15 is 0 Å². The van der Waals surface area contributed by atoms with Crippen LogP contribution in [0.4, 0.5) is 14.4 Å². The number of aliphatic imine (C=N–C) groups is 1. The molecule has 1 aliphatic heterocycles. The monoisotopic (exact) mass is 389 g/mol. The molecule has 0 aliphatic carbocycles. The van der Waals surface area contributed by atoms with E-state index in [0.29, 0.717) is 19.6 Å². The summed E-state index contributed by atoms with van der Waals surface area (Å²) in [4.78, 5) is 41.8. The Morgan fingerprint density at radius 2 is 2.08 bits per heavy atom. The van der Waals surface area contributed by atoms with Crippen molar-refractivity contribution in [3.8, 4) is 0 Å². The molecular weight excluding hydrogens is 364 g/mol. The summed E-state index contributed by atoms with van der Waals surface area (Å²) in [6.07, 6.45) is -1.94. The van der Waals surface area contributed by atoms with Gasteiger partial charge in [0.2, 0.25) is 5.96 Å². The first-order chi connectivity index (χ1) is 12.1. The van der Waals surface area contributed by atoms with Gasteiger partial charge < -0.3 is 29.6 Å². The van der Waals surface area contributed by atoms with E-state index in [0.717, 1.165) is 6.42 Å². The first-order valence-corrected chi connectivity index (χ1v) is 8.94. The van der Waals surface area contributed by atoms with E-state index in [-0.39, 0.29) is 26.9 Å². The van der Waals surface area contributed by atoms with Crippen LogP contribution in [0, 0.1) is 5.92 Å². The molecule has 0 spiro atoms. The SMILES string of the molecule is BNPOC(=O)N/C(=N\C(=O)O)NC[C@H]1CCN(C(=O)OC(C)(C)C)C1. The van der Waals surface area contributed by atoms with Crippen molar-refractivity contribution < 1.29 is 28.8 Å². The maximum absolute atomic E-state index is 12.0. The molecule has 4 N–H and O–H groups in total. The normalized spacial score (nSPS) is 18.0. The Morgan fingerprint density at radius 3 is 2.65 bits per heavy atom. The topological polar surface area (TPSA) is 142 Å². The summed E-state index contributed by atoms with van der Waals surface area (Å²) in [7, 11) is 1.34. The number of hydrogen-bond acceptors (Lipinski definition) is 6. The molecule has 0 aromatic rings. The molecule has 146 valence electrons. The third-order valence-electron chi connectivity index (χ3n) is 3.17. The lowest BCUT2D eigenvalue weighted by molar-refractivity contribution is 0.0288. The van der Waals surface area contributed by atoms with Crippen molar-refractivity contribution >= 4 is 41.2 Å². The van der Waals surface area contributed by atoms with Crippen molar-refractivity contribution in [1.29, 1.82) is 0 Å². The number of carbonyl (C=O) groups excluding carboxylic acids is 2. The summed E-state index contributed by atoms with van der Waals surface area (Å²) < 4.78 is 10.1. The van der Waals surface area contributed by atoms with E-state index in [1.54, 1.807) is 33.7 Å². The second-order valence-corrected chi connectivity index (χ2v) is 7.48. The van der Waals surface area contributed by atoms with Crippen LogP contribution in [-0.2, 0) is 9.26 Å². The Hall–Kier alpha value is -2.07. The van der Waals surface area contributed by atoms with E-state index in [9.17, 15) is 14.4 Å². The molecule has 13 heteroatoms. The lowest BCUT2D eigenvalue weighted by Gasteiger charge is -2.24. The predicted molar refractivity (Wildman–Crippen MR) is 99.0 cm³/mol. The molecule has 0 aromatic carbocycles. The van der Waals surface area contributed by atoms with Crippen LogP contribution in [-0.4, -0.2) is 67.5 Å². The third-order valence-corrected chi connectivity index (χ3v) is 3.66. The second kappa shape index (κ2) is 10.2. The number of carboxylic acid groups (broad SMARTS) is 1. The highest BCUT2D eigenvalue weighted by Crippen LogP contribution is 2.18. The number of likely N-dealkylation sites (tertiary alicyclic amines) is 1. The number of ether oxygens (including phenoxy) is 1. The highest BCUT2D eigenvalue weighted by atomic mass is 31.1. The van der Waals surface area contributed by atoms with Crippen molar-refractivity contribution in [2.75, 3.05) is 19.6 Å². The fraction of sp³-hybridized carbons (Fsp3) is 0.692. The van der Waals surface area contributed by atoms with Crippen LogP contribution in [0.3, 0.4) is 0 Å². The van der Waals surface area contributed by atoms with Gasteiger partial charge in [-0.3, -0.25) is 5.32 Å². The second-order valence-electron chi connectivity index (χ2n) is 6.57. The Labute approximate surface area is 154 Å². The number of nitrogens with one attached hydrogen (secondary N) is 3. The summed E-state index contributed by atoms with van der Waals surface area (Å²) in [6, 6.07) is 0. The first kappa shape index (κ1) is 22.0. The van der Waals surface area contributed by atoms with Crippen molar-refractivity contribution in [3.05, 3.63) is 0 Å². The standard InChI is InChI=1S/C13H25BN5O6P/c1-13(2,3)24-12(23)19-5-4-8(7-19)6-15-9(16-10(20)21)17-11(22)25-26-18-14/h8,18,26H,4-7,14H2,1-3H3,(H,20,21)(H2,15,16,17,22)/t8-/m1/s1. The molecular formula is C13H25BN5O6P. The summed E-state index contributed by atoms with van der Waals surface area (Å²) >= 11 is 0. The van der Waals surface area contributed by atoms with Crippen molar-refractivity contribution in [3.63, 3.8) is 0 Å². The van der Waals surface area contributed by atoms with Gasteiger partial charge in [-0.05, 0) is 33.1 Å². The zero-order chi connectivity index (χ0) is 19.7. The summed E-state index contributed by atoms with van der Waals surface area (Å²) in [5, 5.41) is 13.8. The maximum Gasteiger partial charge on any atom is 0.434 e. The van der Waals surface area contributed by atoms with Crippen molar-refractivity contribution in [2.24, 2.45) is 10.9 Å². The van der Waals surface area contributed by atoms with E-state index < -0.39 is 17.8 Å². The van der Waals surface area contributed by atoms with Crippen molar-refractivity contribution in [2.45, 2.75) is 32.8 Å². The fourth-order valence-corrected chi connectivity index (χ4v) is 2.41. The zero-order valence-corrected chi connectivity index (χ0v) is 16.3. The van der Waals surface area contributed by atoms with Crippen LogP contribution in [0.15, 0.2) is 4.99 Å². The number of guanidine groups is 1. The molecule has 1 rings (SSSR count). The van der Waals surface area contributed by atoms with Gasteiger partial charge in [-0.1, -0.05) is 0 Å². The van der Waals surface area contributed by atoms with Gasteiger partial charge in [0.05, 0.1) is 0 Å². The van der Waals surface area contributed by atoms with Crippen LogP contribution in [0.2, 0.25) is 0 Å². The van der Waals surface area contributed by atoms with E-state index in [1.165, 1.54) is 0 Å². The van der Waals surface area contributed by atoms with Gasteiger partial charge in [-0.25, -0.2) is 14.4 Å². The summed E-state index contributed by atoms with van der Waals surface area (Å²) in [5.74, 6) is -0.155. The zero-order valence-electron chi connectivity index (χ0n) is 15.3. The van der Waals surface area contributed by atoms with E-state index in [4.69, 9.17) is 14.4 Å². The largest absolute Gasteiger partial charge is 0.463 e. The molecule has 1 fully saturated rings. The molecule has 1 saturated heterocycles. The number of carbonyl (C=O) groups is 3. The predicted octanol–water partition coefficient (Wildman–Crippen LogP) is 0.239. The third kappa shape index (κ3) is 8.86. The first-order valence-electron chi connectivity index (χ1n) is 8.03. The van der Waals surface area contributed by atoms with Crippen LogP contribution in [0.25, 0.3) is 0 Å². The maximum atomic E-state index is 12.0. The van der Waals surface area contributed by atoms with E-state index in [2.05, 4.69) is 20.6 Å². The van der Waals surface area contributed by atoms with E-state index in [1.807, 2.05) is 0 Å². The lowest BCUT2D eigenvalue weighted by atomic mass is 10.1. The molecule has 26 heavy (non-hydrogen) atoms. The van der Waals surface area contributed by atoms with Gasteiger partial charge in [0.15, 0.2) is 7.98 Å². The minimum atomic E-state index is -1.45. The Bertz CT molecular complexity index is 556. The Kier molecular flexibility index (Phi) is 8.60. The van der Waals surface area contributed by atoms with Crippen LogP contribution in [0.1, 0.15) is 27.2 Å². The molecule has 1 aliphatic rings. The van der Waals surface area contributed by atoms with Gasteiger partial charge >= 0.3 is 18.3 Å². The minimum absolute atomic E-state index is 0.0681. The number of hydrogen-bond donors (Lipinski definition) is 4. The average Bonchev–Trinajstić information content (AvgIpc) is 2.97. The molecule has 1 heterocycles. The van der Waals surface area contributed by atoms with Gasteiger partial charge in [0.1, 0.15) is 14.6 Å². The molecule has 3 amide bonds. The Balaban J connectivity index is 2.50. The van der Waals surface area contributed by atoms with Gasteiger partial charge in [-0.2, -0.15) is 0 Å². The fourth-order valence-electron chi connectivity index (χ4n) is 2.16. The quantitative estimate of drug-likeness (QED) is 0.232. The average molecular weight is 389 g/mol. The number of nitrogens with zero attached hydrogens (tertiary/aromatic N) is 2. The highest BCUT2D eigenvalue weighted by molar-refractivity contribution is 7.32. The molecule has 0 aromatic heterocycles. The molecule has 0 bridgehead atoms. The number of amides is 3. The van der Waals surface area contributed by atoms with Crippen LogP contribution >= 0.6 is 8.96 Å². The molecule has 0 saturated carbocycles. The number of rotatable bonds is 4. The summed E-state index contributed by atoms with van der Waals surface area (Å²) in [5.41, 5.74) is -0.562. The van der Waals surface area contributed by atoms with Gasteiger partial charge in [0.25, 0.3) is 0 Å². The smallest absolute Gasteiger partial charge is 0.434 e. The lowest BCUT2D eigenvalue weighted by Crippen LogP contribution is -2.43. The van der Waals surface area contributed by atoms with Crippen LogP contribution in [0.5, 0.6) is 0 Å². The highest BCUT2D eigenvalue weighted by Gasteiger charge is 2.29. The molecule has 1 unspecified atom stereocenters.